The molecule has 1 aliphatic rings. The number of rotatable bonds is 5. The number of hydrogen-bond donors (Lipinski definition) is 0. The molecular formula is C23H22F3N3O3. The standard InChI is InChI=1S/C23H22F3N3O3/c24-23(25,26)18-6-4-17(5-7-18)15-27-11-13-28(14-12-27)22(31)20-9-8-19(32-20)16-29-10-2-1-3-21(29)30/h1-10H,11-16H2. The van der Waals surface area contributed by atoms with E-state index >= 15 is 0 Å². The smallest absolute Gasteiger partial charge is 0.416 e. The molecule has 3 aromatic rings. The van der Waals surface area contributed by atoms with Gasteiger partial charge in [-0.15, -0.1) is 0 Å². The molecule has 0 bridgehead atoms. The molecule has 0 unspecified atom stereocenters. The molecule has 1 aromatic carbocycles. The number of nitrogens with zero attached hydrogens (tertiary/aromatic N) is 3. The van der Waals surface area contributed by atoms with E-state index in [1.165, 1.54) is 22.8 Å². The minimum atomic E-state index is -4.34. The maximum absolute atomic E-state index is 12.8. The topological polar surface area (TPSA) is 58.7 Å². The highest BCUT2D eigenvalue weighted by atomic mass is 19.4. The second-order valence-corrected chi connectivity index (χ2v) is 7.70. The maximum Gasteiger partial charge on any atom is 0.416 e. The van der Waals surface area contributed by atoms with E-state index in [1.54, 1.807) is 35.4 Å². The zero-order chi connectivity index (χ0) is 22.7. The van der Waals surface area contributed by atoms with Gasteiger partial charge in [0.1, 0.15) is 5.76 Å². The average molecular weight is 445 g/mol. The van der Waals surface area contributed by atoms with Gasteiger partial charge in [-0.1, -0.05) is 18.2 Å². The van der Waals surface area contributed by atoms with Gasteiger partial charge in [0.25, 0.3) is 11.5 Å². The Morgan fingerprint density at radius 1 is 0.906 bits per heavy atom. The van der Waals surface area contributed by atoms with Crippen molar-refractivity contribution >= 4 is 5.91 Å². The van der Waals surface area contributed by atoms with E-state index in [1.807, 2.05) is 0 Å². The van der Waals surface area contributed by atoms with Gasteiger partial charge in [-0.2, -0.15) is 13.2 Å². The minimum absolute atomic E-state index is 0.152. The van der Waals surface area contributed by atoms with Gasteiger partial charge in [0.15, 0.2) is 5.76 Å². The lowest BCUT2D eigenvalue weighted by molar-refractivity contribution is -0.137. The molecule has 168 valence electrons. The molecule has 1 saturated heterocycles. The fourth-order valence-corrected chi connectivity index (χ4v) is 3.66. The van der Waals surface area contributed by atoms with E-state index < -0.39 is 11.7 Å². The van der Waals surface area contributed by atoms with Crippen LogP contribution in [0.4, 0.5) is 13.2 Å². The first-order valence-electron chi connectivity index (χ1n) is 10.2. The first-order valence-corrected chi connectivity index (χ1v) is 10.2. The van der Waals surface area contributed by atoms with Crippen LogP contribution in [0.25, 0.3) is 0 Å². The normalized spacial score (nSPS) is 15.2. The maximum atomic E-state index is 12.8. The van der Waals surface area contributed by atoms with E-state index in [0.29, 0.717) is 38.5 Å². The third-order valence-electron chi connectivity index (χ3n) is 5.44. The highest BCUT2D eigenvalue weighted by Gasteiger charge is 2.30. The molecule has 32 heavy (non-hydrogen) atoms. The number of amides is 1. The zero-order valence-corrected chi connectivity index (χ0v) is 17.2. The molecule has 4 rings (SSSR count). The molecule has 1 fully saturated rings. The van der Waals surface area contributed by atoms with Gasteiger partial charge >= 0.3 is 6.18 Å². The highest BCUT2D eigenvalue weighted by Crippen LogP contribution is 2.29. The first-order chi connectivity index (χ1) is 15.3. The predicted molar refractivity (Wildman–Crippen MR) is 111 cm³/mol. The molecule has 9 heteroatoms. The Bertz CT molecular complexity index is 1130. The summed E-state index contributed by atoms with van der Waals surface area (Å²) in [7, 11) is 0. The highest BCUT2D eigenvalue weighted by molar-refractivity contribution is 5.91. The summed E-state index contributed by atoms with van der Waals surface area (Å²) in [6.07, 6.45) is -2.68. The van der Waals surface area contributed by atoms with Crippen molar-refractivity contribution in [1.82, 2.24) is 14.4 Å². The van der Waals surface area contributed by atoms with Crippen LogP contribution in [0.3, 0.4) is 0 Å². The SMILES string of the molecule is O=C(c1ccc(Cn2ccccc2=O)o1)N1CCN(Cc2ccc(C(F)(F)F)cc2)CC1. The van der Waals surface area contributed by atoms with Gasteiger partial charge in [-0.05, 0) is 35.9 Å². The molecule has 0 saturated carbocycles. The molecule has 3 heterocycles. The Morgan fingerprint density at radius 3 is 2.28 bits per heavy atom. The van der Waals surface area contributed by atoms with Crippen LogP contribution in [0.5, 0.6) is 0 Å². The Labute approximate surface area is 182 Å². The predicted octanol–water partition coefficient (Wildman–Crippen LogP) is 3.47. The van der Waals surface area contributed by atoms with Crippen molar-refractivity contribution in [2.24, 2.45) is 0 Å². The van der Waals surface area contributed by atoms with E-state index in [-0.39, 0.29) is 23.8 Å². The number of carbonyl (C=O) groups is 1. The van der Waals surface area contributed by atoms with Crippen LogP contribution in [-0.2, 0) is 19.3 Å². The molecular weight excluding hydrogens is 423 g/mol. The summed E-state index contributed by atoms with van der Waals surface area (Å²) < 4.78 is 45.2. The summed E-state index contributed by atoms with van der Waals surface area (Å²) >= 11 is 0. The van der Waals surface area contributed by atoms with Crippen LogP contribution >= 0.6 is 0 Å². The van der Waals surface area contributed by atoms with Crippen molar-refractivity contribution < 1.29 is 22.4 Å². The molecule has 2 aromatic heterocycles. The number of hydrogen-bond acceptors (Lipinski definition) is 4. The number of furan rings is 1. The largest absolute Gasteiger partial charge is 0.454 e. The summed E-state index contributed by atoms with van der Waals surface area (Å²) in [6, 6.07) is 13.3. The van der Waals surface area contributed by atoms with Gasteiger partial charge in [0, 0.05) is 45.0 Å². The van der Waals surface area contributed by atoms with E-state index in [4.69, 9.17) is 4.42 Å². The summed E-state index contributed by atoms with van der Waals surface area (Å²) in [5, 5.41) is 0. The molecule has 1 aliphatic heterocycles. The zero-order valence-electron chi connectivity index (χ0n) is 17.2. The molecule has 0 aliphatic carbocycles. The lowest BCUT2D eigenvalue weighted by Crippen LogP contribution is -2.48. The summed E-state index contributed by atoms with van der Waals surface area (Å²) in [5.74, 6) is 0.522. The van der Waals surface area contributed by atoms with Crippen LogP contribution in [0.15, 0.2) is 70.0 Å². The summed E-state index contributed by atoms with van der Waals surface area (Å²) in [4.78, 5) is 28.4. The van der Waals surface area contributed by atoms with Gasteiger partial charge in [-0.3, -0.25) is 14.5 Å². The van der Waals surface area contributed by atoms with Crippen molar-refractivity contribution in [2.45, 2.75) is 19.3 Å². The number of piperazine rings is 1. The third-order valence-corrected chi connectivity index (χ3v) is 5.44. The second kappa shape index (κ2) is 9.04. The van der Waals surface area contributed by atoms with Gasteiger partial charge < -0.3 is 13.9 Å². The fourth-order valence-electron chi connectivity index (χ4n) is 3.66. The number of aromatic nitrogens is 1. The Hall–Kier alpha value is -3.33. The molecule has 0 N–H and O–H groups in total. The first kappa shape index (κ1) is 21.9. The number of halogens is 3. The molecule has 0 radical (unpaired) electrons. The monoisotopic (exact) mass is 445 g/mol. The minimum Gasteiger partial charge on any atom is -0.454 e. The Balaban J connectivity index is 1.30. The van der Waals surface area contributed by atoms with Gasteiger partial charge in [0.2, 0.25) is 0 Å². The molecule has 0 atom stereocenters. The number of benzene rings is 1. The van der Waals surface area contributed by atoms with E-state index in [9.17, 15) is 22.8 Å². The average Bonchev–Trinajstić information content (AvgIpc) is 3.24. The summed E-state index contributed by atoms with van der Waals surface area (Å²) in [6.45, 7) is 2.98. The third kappa shape index (κ3) is 5.11. The van der Waals surface area contributed by atoms with Crippen molar-refractivity contribution in [3.63, 3.8) is 0 Å². The van der Waals surface area contributed by atoms with Crippen molar-refractivity contribution in [1.29, 1.82) is 0 Å². The Morgan fingerprint density at radius 2 is 1.62 bits per heavy atom. The number of pyridine rings is 1. The van der Waals surface area contributed by atoms with Gasteiger partial charge in [-0.25, -0.2) is 0 Å². The van der Waals surface area contributed by atoms with E-state index in [0.717, 1.165) is 17.7 Å². The fraction of sp³-hybridized carbons (Fsp3) is 0.304. The van der Waals surface area contributed by atoms with Gasteiger partial charge in [0.05, 0.1) is 12.1 Å². The second-order valence-electron chi connectivity index (χ2n) is 7.70. The number of carbonyl (C=O) groups excluding carboxylic acids is 1. The Kier molecular flexibility index (Phi) is 6.18. The lowest BCUT2D eigenvalue weighted by atomic mass is 10.1. The van der Waals surface area contributed by atoms with Crippen molar-refractivity contribution in [3.8, 4) is 0 Å². The quantitative estimate of drug-likeness (QED) is 0.604. The summed E-state index contributed by atoms with van der Waals surface area (Å²) in [5.41, 5.74) is -0.0165. The van der Waals surface area contributed by atoms with Crippen LogP contribution in [0.1, 0.15) is 27.4 Å². The molecule has 6 nitrogen and oxygen atoms in total. The lowest BCUT2D eigenvalue weighted by Gasteiger charge is -2.34. The van der Waals surface area contributed by atoms with Crippen LogP contribution < -0.4 is 5.56 Å². The van der Waals surface area contributed by atoms with Crippen LogP contribution in [0, 0.1) is 0 Å². The van der Waals surface area contributed by atoms with Crippen molar-refractivity contribution in [2.75, 3.05) is 26.2 Å². The molecule has 0 spiro atoms. The van der Waals surface area contributed by atoms with Crippen LogP contribution in [0.2, 0.25) is 0 Å². The van der Waals surface area contributed by atoms with E-state index in [2.05, 4.69) is 4.90 Å². The van der Waals surface area contributed by atoms with Crippen LogP contribution in [-0.4, -0.2) is 46.5 Å². The molecule has 1 amide bonds. The number of alkyl halides is 3. The van der Waals surface area contributed by atoms with Crippen molar-refractivity contribution in [3.05, 3.63) is 93.8 Å².